The number of carbonyl (C=O) groups excluding carboxylic acids is 1. The number of hydrogen-bond donors (Lipinski definition) is 0. The Morgan fingerprint density at radius 2 is 2.05 bits per heavy atom. The Morgan fingerprint density at radius 3 is 2.79 bits per heavy atom. The van der Waals surface area contributed by atoms with Gasteiger partial charge in [-0.3, -0.25) is 4.79 Å². The molecule has 1 fully saturated rings. The molecular formula is C15H20N2O2. The normalized spacial score (nSPS) is 18.6. The molecule has 1 aromatic rings. The van der Waals surface area contributed by atoms with Gasteiger partial charge in [0.1, 0.15) is 0 Å². The van der Waals surface area contributed by atoms with Gasteiger partial charge in [0.2, 0.25) is 0 Å². The van der Waals surface area contributed by atoms with Crippen molar-refractivity contribution in [3.05, 3.63) is 29.3 Å². The number of morpholine rings is 1. The van der Waals surface area contributed by atoms with E-state index in [0.717, 1.165) is 25.1 Å². The highest BCUT2D eigenvalue weighted by Gasteiger charge is 2.22. The van der Waals surface area contributed by atoms with Crippen LogP contribution in [0, 0.1) is 0 Å². The molecule has 2 aliphatic rings. The summed E-state index contributed by atoms with van der Waals surface area (Å²) in [6.07, 6.45) is 1.05. The average Bonchev–Trinajstić information content (AvgIpc) is 2.89. The number of carbonyl (C=O) groups is 1. The third kappa shape index (κ3) is 2.32. The summed E-state index contributed by atoms with van der Waals surface area (Å²) in [7, 11) is 0. The van der Waals surface area contributed by atoms with E-state index in [1.54, 1.807) is 0 Å². The van der Waals surface area contributed by atoms with Crippen molar-refractivity contribution in [2.24, 2.45) is 0 Å². The molecule has 1 saturated heterocycles. The topological polar surface area (TPSA) is 32.8 Å². The highest BCUT2D eigenvalue weighted by atomic mass is 16.5. The maximum absolute atomic E-state index is 12.4. The fourth-order valence-electron chi connectivity index (χ4n) is 2.88. The third-order valence-electron chi connectivity index (χ3n) is 4.00. The molecule has 0 aliphatic carbocycles. The lowest BCUT2D eigenvalue weighted by atomic mass is 10.1. The van der Waals surface area contributed by atoms with Gasteiger partial charge in [0, 0.05) is 37.4 Å². The zero-order valence-corrected chi connectivity index (χ0v) is 11.4. The Kier molecular flexibility index (Phi) is 3.42. The number of amides is 1. The first-order chi connectivity index (χ1) is 9.29. The Balaban J connectivity index is 1.80. The van der Waals surface area contributed by atoms with Gasteiger partial charge in [-0.2, -0.15) is 0 Å². The molecule has 0 unspecified atom stereocenters. The van der Waals surface area contributed by atoms with Gasteiger partial charge in [-0.05, 0) is 37.1 Å². The Bertz CT molecular complexity index is 481. The van der Waals surface area contributed by atoms with Crippen LogP contribution in [-0.2, 0) is 11.2 Å². The SMILES string of the molecule is CCN1CCc2cc(C(=O)N3CCOCC3)ccc21. The highest BCUT2D eigenvalue weighted by Crippen LogP contribution is 2.28. The maximum Gasteiger partial charge on any atom is 0.254 e. The fourth-order valence-corrected chi connectivity index (χ4v) is 2.88. The van der Waals surface area contributed by atoms with Crippen LogP contribution in [-0.4, -0.2) is 50.2 Å². The van der Waals surface area contributed by atoms with Crippen LogP contribution in [0.1, 0.15) is 22.8 Å². The van der Waals surface area contributed by atoms with E-state index >= 15 is 0 Å². The van der Waals surface area contributed by atoms with Gasteiger partial charge in [-0.1, -0.05) is 0 Å². The molecule has 3 rings (SSSR count). The molecule has 102 valence electrons. The van der Waals surface area contributed by atoms with Crippen molar-refractivity contribution in [2.75, 3.05) is 44.3 Å². The van der Waals surface area contributed by atoms with Crippen LogP contribution in [0.3, 0.4) is 0 Å². The summed E-state index contributed by atoms with van der Waals surface area (Å²) < 4.78 is 5.29. The summed E-state index contributed by atoms with van der Waals surface area (Å²) >= 11 is 0. The van der Waals surface area contributed by atoms with Gasteiger partial charge in [0.05, 0.1) is 13.2 Å². The zero-order valence-electron chi connectivity index (χ0n) is 11.4. The number of benzene rings is 1. The molecule has 0 aromatic heterocycles. The van der Waals surface area contributed by atoms with Crippen LogP contribution in [0.2, 0.25) is 0 Å². The Labute approximate surface area is 113 Å². The summed E-state index contributed by atoms with van der Waals surface area (Å²) in [6, 6.07) is 6.13. The monoisotopic (exact) mass is 260 g/mol. The molecule has 1 aromatic carbocycles. The Morgan fingerprint density at radius 1 is 1.26 bits per heavy atom. The standard InChI is InChI=1S/C15H20N2O2/c1-2-16-6-5-12-11-13(3-4-14(12)16)15(18)17-7-9-19-10-8-17/h3-4,11H,2,5-10H2,1H3. The molecule has 1 amide bonds. The number of nitrogens with zero attached hydrogens (tertiary/aromatic N) is 2. The van der Waals surface area contributed by atoms with Crippen molar-refractivity contribution in [1.29, 1.82) is 0 Å². The fraction of sp³-hybridized carbons (Fsp3) is 0.533. The summed E-state index contributed by atoms with van der Waals surface area (Å²) in [5, 5.41) is 0. The number of rotatable bonds is 2. The second-order valence-electron chi connectivity index (χ2n) is 5.08. The van der Waals surface area contributed by atoms with E-state index < -0.39 is 0 Å². The van der Waals surface area contributed by atoms with Gasteiger partial charge < -0.3 is 14.5 Å². The van der Waals surface area contributed by atoms with E-state index in [1.165, 1.54) is 11.3 Å². The van der Waals surface area contributed by atoms with Crippen LogP contribution >= 0.6 is 0 Å². The van der Waals surface area contributed by atoms with Crippen LogP contribution in [0.5, 0.6) is 0 Å². The minimum Gasteiger partial charge on any atom is -0.378 e. The molecule has 4 nitrogen and oxygen atoms in total. The number of anilines is 1. The molecule has 2 aliphatic heterocycles. The molecule has 0 bridgehead atoms. The summed E-state index contributed by atoms with van der Waals surface area (Å²) in [5.74, 6) is 0.140. The zero-order chi connectivity index (χ0) is 13.2. The lowest BCUT2D eigenvalue weighted by molar-refractivity contribution is 0.0303. The van der Waals surface area contributed by atoms with Gasteiger partial charge in [-0.25, -0.2) is 0 Å². The van der Waals surface area contributed by atoms with E-state index in [0.29, 0.717) is 26.3 Å². The van der Waals surface area contributed by atoms with E-state index in [2.05, 4.69) is 24.0 Å². The molecular weight excluding hydrogens is 240 g/mol. The van der Waals surface area contributed by atoms with Gasteiger partial charge in [0.25, 0.3) is 5.91 Å². The van der Waals surface area contributed by atoms with E-state index in [1.807, 2.05) is 11.0 Å². The number of likely N-dealkylation sites (N-methyl/N-ethyl adjacent to an activating group) is 1. The first-order valence-electron chi connectivity index (χ1n) is 7.04. The van der Waals surface area contributed by atoms with Crippen molar-refractivity contribution < 1.29 is 9.53 Å². The Hall–Kier alpha value is -1.55. The molecule has 0 spiro atoms. The molecule has 0 radical (unpaired) electrons. The van der Waals surface area contributed by atoms with E-state index in [9.17, 15) is 4.79 Å². The second-order valence-corrected chi connectivity index (χ2v) is 5.08. The van der Waals surface area contributed by atoms with Gasteiger partial charge in [0.15, 0.2) is 0 Å². The van der Waals surface area contributed by atoms with E-state index in [4.69, 9.17) is 4.74 Å². The molecule has 0 saturated carbocycles. The average molecular weight is 260 g/mol. The predicted molar refractivity (Wildman–Crippen MR) is 74.8 cm³/mol. The first-order valence-corrected chi connectivity index (χ1v) is 7.04. The number of hydrogen-bond acceptors (Lipinski definition) is 3. The molecule has 19 heavy (non-hydrogen) atoms. The quantitative estimate of drug-likeness (QED) is 0.808. The van der Waals surface area contributed by atoms with Crippen molar-refractivity contribution >= 4 is 11.6 Å². The van der Waals surface area contributed by atoms with Gasteiger partial charge >= 0.3 is 0 Å². The van der Waals surface area contributed by atoms with Crippen LogP contribution < -0.4 is 4.90 Å². The minimum atomic E-state index is 0.140. The minimum absolute atomic E-state index is 0.140. The third-order valence-corrected chi connectivity index (χ3v) is 4.00. The lowest BCUT2D eigenvalue weighted by Crippen LogP contribution is -2.40. The summed E-state index contributed by atoms with van der Waals surface area (Å²) in [5.41, 5.74) is 3.42. The smallest absolute Gasteiger partial charge is 0.254 e. The van der Waals surface area contributed by atoms with E-state index in [-0.39, 0.29) is 5.91 Å². The first kappa shape index (κ1) is 12.5. The molecule has 4 heteroatoms. The van der Waals surface area contributed by atoms with Crippen LogP contribution in [0.15, 0.2) is 18.2 Å². The van der Waals surface area contributed by atoms with Crippen molar-refractivity contribution in [2.45, 2.75) is 13.3 Å². The molecule has 2 heterocycles. The van der Waals surface area contributed by atoms with Crippen LogP contribution in [0.25, 0.3) is 0 Å². The van der Waals surface area contributed by atoms with Crippen molar-refractivity contribution in [3.63, 3.8) is 0 Å². The van der Waals surface area contributed by atoms with Crippen molar-refractivity contribution in [3.8, 4) is 0 Å². The lowest BCUT2D eigenvalue weighted by Gasteiger charge is -2.27. The highest BCUT2D eigenvalue weighted by molar-refractivity contribution is 5.95. The second kappa shape index (κ2) is 5.21. The van der Waals surface area contributed by atoms with Crippen molar-refractivity contribution in [1.82, 2.24) is 4.90 Å². The molecule has 0 N–H and O–H groups in total. The maximum atomic E-state index is 12.4. The summed E-state index contributed by atoms with van der Waals surface area (Å²) in [4.78, 5) is 16.7. The summed E-state index contributed by atoms with van der Waals surface area (Å²) in [6.45, 7) is 6.99. The number of ether oxygens (including phenoxy) is 1. The largest absolute Gasteiger partial charge is 0.378 e. The molecule has 0 atom stereocenters. The predicted octanol–water partition coefficient (Wildman–Crippen LogP) is 1.54. The number of fused-ring (bicyclic) bond motifs is 1. The van der Waals surface area contributed by atoms with Gasteiger partial charge in [-0.15, -0.1) is 0 Å². The van der Waals surface area contributed by atoms with Crippen LogP contribution in [0.4, 0.5) is 5.69 Å².